The van der Waals surface area contributed by atoms with Crippen molar-refractivity contribution in [2.24, 2.45) is 7.05 Å². The minimum absolute atomic E-state index is 0.0175. The molecule has 2 aromatic rings. The average molecular weight is 616 g/mol. The lowest BCUT2D eigenvalue weighted by Crippen LogP contribution is -2.73. The van der Waals surface area contributed by atoms with Gasteiger partial charge in [-0.3, -0.25) is 14.3 Å². The molecule has 0 saturated heterocycles. The van der Waals surface area contributed by atoms with Gasteiger partial charge in [-0.05, 0) is 30.7 Å². The number of carbonyl (C=O) groups excluding carboxylic acids is 1. The predicted molar refractivity (Wildman–Crippen MR) is 105 cm³/mol. The fraction of sp³-hybridized carbons (Fsp3) is 0.474. The van der Waals surface area contributed by atoms with Crippen molar-refractivity contribution >= 4 is 23.2 Å². The molecule has 1 amide bonds. The SMILES string of the molecule is Cc1c(NC(=O)C(F)(F)C(F)(F)C(F)(F)C(F)(F)C(F)(F)C(F)(F)C(F)(F)Cl)c(=O)n(-c2ccccc2)n1C. The molecule has 39 heavy (non-hydrogen) atoms. The van der Waals surface area contributed by atoms with Gasteiger partial charge in [0.2, 0.25) is 0 Å². The highest BCUT2D eigenvalue weighted by Crippen LogP contribution is 2.62. The van der Waals surface area contributed by atoms with Crippen molar-refractivity contribution in [2.75, 3.05) is 5.32 Å². The summed E-state index contributed by atoms with van der Waals surface area (Å²) in [5, 5.41) is -5.97. The van der Waals surface area contributed by atoms with Crippen molar-refractivity contribution < 1.29 is 66.3 Å². The summed E-state index contributed by atoms with van der Waals surface area (Å²) in [5.41, 5.74) is -3.28. The summed E-state index contributed by atoms with van der Waals surface area (Å²) in [7, 11) is 1.07. The molecule has 220 valence electrons. The lowest BCUT2D eigenvalue weighted by atomic mass is 9.91. The van der Waals surface area contributed by atoms with E-state index in [2.05, 4.69) is 11.6 Å². The first-order valence-corrected chi connectivity index (χ1v) is 10.1. The summed E-state index contributed by atoms with van der Waals surface area (Å²) >= 11 is 3.52. The molecule has 0 aliphatic rings. The smallest absolute Gasteiger partial charge is 0.314 e. The number of halogens is 15. The van der Waals surface area contributed by atoms with Crippen LogP contribution in [0.4, 0.5) is 67.2 Å². The highest BCUT2D eigenvalue weighted by atomic mass is 35.5. The topological polar surface area (TPSA) is 56.0 Å². The number of nitrogens with zero attached hydrogens (tertiary/aromatic N) is 2. The molecule has 0 aliphatic carbocycles. The molecule has 1 aromatic heterocycles. The second kappa shape index (κ2) is 9.29. The van der Waals surface area contributed by atoms with Crippen LogP contribution in [0.1, 0.15) is 5.69 Å². The van der Waals surface area contributed by atoms with Crippen LogP contribution in [0.15, 0.2) is 35.1 Å². The molecule has 0 saturated carbocycles. The monoisotopic (exact) mass is 615 g/mol. The van der Waals surface area contributed by atoms with Crippen molar-refractivity contribution in [1.29, 1.82) is 0 Å². The number of hydrogen-bond donors (Lipinski definition) is 1. The average Bonchev–Trinajstić information content (AvgIpc) is 3.01. The van der Waals surface area contributed by atoms with Gasteiger partial charge in [0, 0.05) is 7.05 Å². The summed E-state index contributed by atoms with van der Waals surface area (Å²) in [4.78, 5) is 24.4. The zero-order valence-corrected chi connectivity index (χ0v) is 19.5. The number of benzene rings is 1. The quantitative estimate of drug-likeness (QED) is 0.275. The second-order valence-electron chi connectivity index (χ2n) is 7.83. The molecule has 1 N–H and O–H groups in total. The van der Waals surface area contributed by atoms with E-state index in [1.54, 1.807) is 0 Å². The van der Waals surface area contributed by atoms with Gasteiger partial charge in [-0.15, -0.1) is 0 Å². The van der Waals surface area contributed by atoms with E-state index >= 15 is 0 Å². The molecule has 0 aliphatic heterocycles. The molecule has 1 heterocycles. The van der Waals surface area contributed by atoms with Crippen LogP contribution in [0, 0.1) is 6.92 Å². The van der Waals surface area contributed by atoms with Gasteiger partial charge in [-0.1, -0.05) is 18.2 Å². The summed E-state index contributed by atoms with van der Waals surface area (Å²) in [6.45, 7) is 0.907. The van der Waals surface area contributed by atoms with Crippen LogP contribution in [0.5, 0.6) is 0 Å². The number of nitrogens with one attached hydrogen (secondary N) is 1. The van der Waals surface area contributed by atoms with E-state index < -0.39 is 63.8 Å². The molecule has 2 rings (SSSR count). The van der Waals surface area contributed by atoms with Gasteiger partial charge in [-0.25, -0.2) is 4.68 Å². The lowest BCUT2D eigenvalue weighted by Gasteiger charge is -2.41. The van der Waals surface area contributed by atoms with Crippen molar-refractivity contribution in [1.82, 2.24) is 9.36 Å². The Morgan fingerprint density at radius 1 is 0.744 bits per heavy atom. The zero-order valence-electron chi connectivity index (χ0n) is 18.8. The number of hydrogen-bond acceptors (Lipinski definition) is 2. The minimum atomic E-state index is -8.38. The summed E-state index contributed by atoms with van der Waals surface area (Å²) in [6, 6.07) is 6.67. The van der Waals surface area contributed by atoms with E-state index in [1.165, 1.54) is 30.3 Å². The van der Waals surface area contributed by atoms with Gasteiger partial charge in [0.15, 0.2) is 0 Å². The zero-order chi connectivity index (χ0) is 30.8. The molecular formula is C19H12ClF14N3O2. The lowest BCUT2D eigenvalue weighted by molar-refractivity contribution is -0.431. The Balaban J connectivity index is 2.57. The number of amides is 1. The van der Waals surface area contributed by atoms with E-state index in [9.17, 15) is 71.1 Å². The molecular weight excluding hydrogens is 604 g/mol. The fourth-order valence-electron chi connectivity index (χ4n) is 3.01. The number of para-hydroxylation sites is 1. The summed E-state index contributed by atoms with van der Waals surface area (Å²) < 4.78 is 192. The van der Waals surface area contributed by atoms with Gasteiger partial charge in [-0.2, -0.15) is 61.5 Å². The van der Waals surface area contributed by atoms with Gasteiger partial charge in [0.25, 0.3) is 5.56 Å². The largest absolute Gasteiger partial charge is 0.393 e. The van der Waals surface area contributed by atoms with Crippen molar-refractivity contribution in [3.63, 3.8) is 0 Å². The Kier molecular flexibility index (Phi) is 7.68. The maximum Gasteiger partial charge on any atom is 0.393 e. The number of rotatable bonds is 9. The molecule has 5 nitrogen and oxygen atoms in total. The van der Waals surface area contributed by atoms with E-state index in [4.69, 9.17) is 0 Å². The number of alkyl halides is 15. The van der Waals surface area contributed by atoms with E-state index in [-0.39, 0.29) is 5.69 Å². The van der Waals surface area contributed by atoms with Crippen LogP contribution >= 0.6 is 11.6 Å². The predicted octanol–water partition coefficient (Wildman–Crippen LogP) is 6.07. The first-order chi connectivity index (χ1) is 17.2. The molecule has 0 unspecified atom stereocenters. The van der Waals surface area contributed by atoms with Crippen molar-refractivity contribution in [2.45, 2.75) is 47.8 Å². The first kappa shape index (κ1) is 32.2. The molecule has 0 radical (unpaired) electrons. The standard InChI is InChI=1S/C19H12ClF14N3O2/c1-8-10(11(38)37(36(8)2)9-6-4-3-5-7-9)35-12(39)13(21,22)14(23,24)15(25,26)16(27,28)17(29,30)18(31,32)19(20,33)34/h3-7H,1-2H3,(H,35,39). The maximum atomic E-state index is 14.2. The number of anilines is 1. The molecule has 0 bridgehead atoms. The van der Waals surface area contributed by atoms with Crippen LogP contribution < -0.4 is 10.9 Å². The summed E-state index contributed by atoms with van der Waals surface area (Å²) in [6.07, 6.45) is 0. The molecule has 0 atom stereocenters. The van der Waals surface area contributed by atoms with Gasteiger partial charge < -0.3 is 5.32 Å². The summed E-state index contributed by atoms with van der Waals surface area (Å²) in [5.74, 6) is -51.3. The fourth-order valence-corrected chi connectivity index (χ4v) is 3.13. The highest BCUT2D eigenvalue weighted by Gasteiger charge is 2.93. The van der Waals surface area contributed by atoms with Crippen LogP contribution in [0.2, 0.25) is 0 Å². The Hall–Kier alpha value is -2.99. The molecule has 0 spiro atoms. The van der Waals surface area contributed by atoms with Crippen LogP contribution in [-0.4, -0.2) is 56.2 Å². The maximum absolute atomic E-state index is 14.2. The van der Waals surface area contributed by atoms with E-state index in [0.29, 0.717) is 4.68 Å². The minimum Gasteiger partial charge on any atom is -0.314 e. The highest BCUT2D eigenvalue weighted by molar-refractivity contribution is 6.22. The van der Waals surface area contributed by atoms with Crippen LogP contribution in [0.25, 0.3) is 5.69 Å². The van der Waals surface area contributed by atoms with Gasteiger partial charge in [0.05, 0.1) is 11.4 Å². The normalized spacial score (nSPS) is 14.5. The van der Waals surface area contributed by atoms with E-state index in [1.807, 2.05) is 0 Å². The van der Waals surface area contributed by atoms with E-state index in [0.717, 1.165) is 24.0 Å². The number of carbonyl (C=O) groups is 1. The van der Waals surface area contributed by atoms with Crippen LogP contribution in [-0.2, 0) is 11.8 Å². The van der Waals surface area contributed by atoms with Crippen molar-refractivity contribution in [3.05, 3.63) is 46.4 Å². The molecule has 20 heteroatoms. The third kappa shape index (κ3) is 4.41. The third-order valence-corrected chi connectivity index (χ3v) is 5.64. The molecule has 0 fully saturated rings. The van der Waals surface area contributed by atoms with Crippen molar-refractivity contribution in [3.8, 4) is 5.69 Å². The Bertz CT molecular complexity index is 1300. The Morgan fingerprint density at radius 3 is 1.59 bits per heavy atom. The molecule has 1 aromatic carbocycles. The van der Waals surface area contributed by atoms with Gasteiger partial charge in [0.1, 0.15) is 5.69 Å². The second-order valence-corrected chi connectivity index (χ2v) is 8.31. The van der Waals surface area contributed by atoms with Crippen LogP contribution in [0.3, 0.4) is 0 Å². The first-order valence-electron chi connectivity index (χ1n) is 9.72. The Morgan fingerprint density at radius 2 is 1.15 bits per heavy atom. The van der Waals surface area contributed by atoms with Gasteiger partial charge >= 0.3 is 46.8 Å². The number of aromatic nitrogens is 2. The third-order valence-electron chi connectivity index (χ3n) is 5.41. The Labute approximate surface area is 211 Å².